The summed E-state index contributed by atoms with van der Waals surface area (Å²) in [4.78, 5) is 114. The molecule has 4 aromatic rings. The Bertz CT molecular complexity index is 2820. The summed E-state index contributed by atoms with van der Waals surface area (Å²) in [5, 5.41) is 9.79. The molecule has 0 spiro atoms. The number of ether oxygens (including phenoxy) is 2. The third-order valence-electron chi connectivity index (χ3n) is 14.3. The lowest BCUT2D eigenvalue weighted by molar-refractivity contribution is -0.191. The Morgan fingerprint density at radius 3 is 2.34 bits per heavy atom. The summed E-state index contributed by atoms with van der Waals surface area (Å²) in [6, 6.07) is 16.8. The van der Waals surface area contributed by atoms with E-state index >= 15 is 0 Å². The van der Waals surface area contributed by atoms with Crippen LogP contribution < -0.4 is 21.5 Å². The minimum Gasteiger partial charge on any atom is -0.457 e. The topological polar surface area (TPSA) is 212 Å². The second-order valence-corrected chi connectivity index (χ2v) is 20.6. The molecule has 4 aliphatic rings. The molecule has 0 radical (unpaired) electrons. The molecule has 2 aromatic carbocycles. The van der Waals surface area contributed by atoms with Gasteiger partial charge in [-0.15, -0.1) is 0 Å². The number of cyclic esters (lactones) is 1. The number of amides is 5. The average Bonchev–Trinajstić information content (AvgIpc) is 3.88. The maximum atomic E-state index is 14.4. The fourth-order valence-corrected chi connectivity index (χ4v) is 10.9. The van der Waals surface area contributed by atoms with Crippen LogP contribution in [-0.4, -0.2) is 81.1 Å². The number of pyridine rings is 2. The first-order valence-electron chi connectivity index (χ1n) is 24.8. The van der Waals surface area contributed by atoms with Gasteiger partial charge in [0.25, 0.3) is 17.4 Å². The van der Waals surface area contributed by atoms with Crippen molar-refractivity contribution < 1.29 is 43.0 Å². The van der Waals surface area contributed by atoms with Gasteiger partial charge < -0.3 is 30.0 Å². The van der Waals surface area contributed by atoms with Crippen molar-refractivity contribution in [3.05, 3.63) is 110 Å². The predicted octanol–water partition coefficient (Wildman–Crippen LogP) is 6.59. The molecule has 5 amide bonds. The molecule has 5 heterocycles. The van der Waals surface area contributed by atoms with Crippen molar-refractivity contribution in [1.82, 2.24) is 30.4 Å². The van der Waals surface area contributed by atoms with Crippen LogP contribution >= 0.6 is 15.9 Å². The first kappa shape index (κ1) is 50.9. The van der Waals surface area contributed by atoms with Crippen LogP contribution in [0.5, 0.6) is 0 Å². The van der Waals surface area contributed by atoms with Crippen LogP contribution in [0.4, 0.5) is 0 Å². The lowest BCUT2D eigenvalue weighted by Crippen LogP contribution is -2.55. The average molecular weight is 1030 g/mol. The first-order chi connectivity index (χ1) is 34.1. The lowest BCUT2D eigenvalue weighted by Gasteiger charge is -2.39. The maximum Gasteiger partial charge on any atom is 0.355 e. The second-order valence-electron chi connectivity index (χ2n) is 19.8. The highest BCUT2D eigenvalue weighted by Crippen LogP contribution is 2.44. The number of fused-ring (bicyclic) bond motifs is 5. The first-order valence-corrected chi connectivity index (χ1v) is 25.6. The van der Waals surface area contributed by atoms with Gasteiger partial charge in [0.2, 0.25) is 23.3 Å². The van der Waals surface area contributed by atoms with Crippen molar-refractivity contribution in [3.63, 3.8) is 0 Å². The molecule has 8 rings (SSSR count). The Labute approximate surface area is 420 Å². The van der Waals surface area contributed by atoms with E-state index in [1.165, 1.54) is 12.2 Å². The number of benzene rings is 2. The number of imide groups is 1. The van der Waals surface area contributed by atoms with E-state index in [4.69, 9.17) is 14.5 Å². The Kier molecular flexibility index (Phi) is 15.7. The van der Waals surface area contributed by atoms with E-state index in [2.05, 4.69) is 31.9 Å². The van der Waals surface area contributed by atoms with Gasteiger partial charge in [0, 0.05) is 59.1 Å². The van der Waals surface area contributed by atoms with E-state index in [0.29, 0.717) is 49.9 Å². The van der Waals surface area contributed by atoms with Crippen LogP contribution in [-0.2, 0) is 68.2 Å². The van der Waals surface area contributed by atoms with Crippen LogP contribution in [0.3, 0.4) is 0 Å². The van der Waals surface area contributed by atoms with Crippen LogP contribution in [0.25, 0.3) is 22.3 Å². The van der Waals surface area contributed by atoms with Crippen LogP contribution in [0.2, 0.25) is 0 Å². The molecule has 0 unspecified atom stereocenters. The zero-order valence-corrected chi connectivity index (χ0v) is 42.1. The van der Waals surface area contributed by atoms with Crippen molar-refractivity contribution in [1.29, 1.82) is 0 Å². The predicted molar refractivity (Wildman–Crippen MR) is 267 cm³/mol. The Hall–Kier alpha value is -6.49. The second kappa shape index (κ2) is 21.9. The molecule has 0 saturated heterocycles. The van der Waals surface area contributed by atoms with Crippen molar-refractivity contribution in [2.75, 3.05) is 13.1 Å². The van der Waals surface area contributed by atoms with E-state index in [1.54, 1.807) is 17.6 Å². The van der Waals surface area contributed by atoms with Crippen molar-refractivity contribution in [2.24, 2.45) is 11.3 Å². The van der Waals surface area contributed by atoms with E-state index in [-0.39, 0.29) is 92.3 Å². The van der Waals surface area contributed by atoms with Crippen LogP contribution in [0.1, 0.15) is 120 Å². The Morgan fingerprint density at radius 1 is 0.873 bits per heavy atom. The summed E-state index contributed by atoms with van der Waals surface area (Å²) in [5.74, 6) is -3.42. The number of aromatic nitrogens is 2. The van der Waals surface area contributed by atoms with Gasteiger partial charge in [0.15, 0.2) is 0 Å². The molecule has 374 valence electrons. The lowest BCUT2D eigenvalue weighted by atomic mass is 9.71. The number of carbonyl (C=O) groups excluding carboxylic acids is 7. The molecule has 1 aliphatic carbocycles. The molecule has 2 aromatic heterocycles. The molecule has 1 fully saturated rings. The monoisotopic (exact) mass is 1030 g/mol. The molecular weight excluding hydrogens is 973 g/mol. The van der Waals surface area contributed by atoms with Gasteiger partial charge in [0.1, 0.15) is 18.7 Å². The normalized spacial score (nSPS) is 18.6. The Morgan fingerprint density at radius 2 is 1.62 bits per heavy atom. The number of nitrogens with zero attached hydrogens (tertiary/aromatic N) is 3. The third kappa shape index (κ3) is 11.2. The van der Waals surface area contributed by atoms with E-state index < -0.39 is 46.9 Å². The molecule has 17 heteroatoms. The number of carbonyl (C=O) groups is 7. The molecule has 3 aliphatic heterocycles. The standard InChI is InChI=1S/C54H61BrN6O10/c1-4-54(38-28-43-48-35(27-36-39(55)17-14-18-40(36)58-48)30-61(43)51(68)37(38)31-70-52(54)69)71-47(65)29-53(22-11-7-12-23-53)32-56-49(66)41(25-33(2)3)59-50(67)42(26-34-15-8-5-9-16-34)57-44(62)19-10-6-13-24-60-45(63)20-21-46(60)64/h5,8-9,14-18,20-21,27-28,33,41-42H,4,6-7,10-13,19,22-26,29-32H2,1-3H3,(H,56,66)(H,57,62)(H,59,67)/t41-,42-,54-/m0/s1. The van der Waals surface area contributed by atoms with Gasteiger partial charge in [-0.3, -0.25) is 38.5 Å². The van der Waals surface area contributed by atoms with Gasteiger partial charge in [0.05, 0.1) is 35.4 Å². The summed E-state index contributed by atoms with van der Waals surface area (Å²) < 4.78 is 14.4. The summed E-state index contributed by atoms with van der Waals surface area (Å²) in [7, 11) is 0. The van der Waals surface area contributed by atoms with Gasteiger partial charge >= 0.3 is 11.9 Å². The largest absolute Gasteiger partial charge is 0.457 e. The van der Waals surface area contributed by atoms with Crippen molar-refractivity contribution in [3.8, 4) is 11.4 Å². The number of halogens is 1. The number of nitrogens with one attached hydrogen (secondary N) is 3. The summed E-state index contributed by atoms with van der Waals surface area (Å²) >= 11 is 3.61. The molecule has 1 saturated carbocycles. The van der Waals surface area contributed by atoms with E-state index in [0.717, 1.165) is 50.7 Å². The van der Waals surface area contributed by atoms with Gasteiger partial charge in [-0.2, -0.15) is 0 Å². The van der Waals surface area contributed by atoms with Crippen molar-refractivity contribution >= 4 is 68.3 Å². The van der Waals surface area contributed by atoms with Gasteiger partial charge in [-0.1, -0.05) is 98.8 Å². The molecule has 3 N–H and O–H groups in total. The minimum absolute atomic E-state index is 0.00262. The highest BCUT2D eigenvalue weighted by atomic mass is 79.9. The highest BCUT2D eigenvalue weighted by Gasteiger charge is 2.51. The van der Waals surface area contributed by atoms with Gasteiger partial charge in [-0.25, -0.2) is 9.78 Å². The smallest absolute Gasteiger partial charge is 0.355 e. The SMILES string of the molecule is CC[C@@]1(OC(=O)CC2(CNC(=O)[C@H](CC(C)C)NC(=O)[C@H](Cc3ccccc3)NC(=O)CCCCCN3C(=O)C=CC3=O)CCCCC2)C(=O)OCc2c1cc1n(c2=O)Cc2cc3c(Br)cccc3nc2-1. The Balaban J connectivity index is 0.948. The summed E-state index contributed by atoms with van der Waals surface area (Å²) in [5.41, 5.74) is 1.08. The van der Waals surface area contributed by atoms with E-state index in [1.807, 2.05) is 68.4 Å². The number of hydrogen-bond acceptors (Lipinski definition) is 11. The van der Waals surface area contributed by atoms with Crippen LogP contribution in [0, 0.1) is 11.3 Å². The third-order valence-corrected chi connectivity index (χ3v) is 15.0. The highest BCUT2D eigenvalue weighted by molar-refractivity contribution is 9.10. The zero-order valence-electron chi connectivity index (χ0n) is 40.5. The van der Waals surface area contributed by atoms with Gasteiger partial charge in [-0.05, 0) is 79.7 Å². The number of rotatable bonds is 20. The summed E-state index contributed by atoms with van der Waals surface area (Å²) in [6.07, 6.45) is 8.31. The number of unbranched alkanes of at least 4 members (excludes halogenated alkanes) is 2. The zero-order chi connectivity index (χ0) is 50.5. The fourth-order valence-electron chi connectivity index (χ4n) is 10.5. The number of esters is 2. The number of hydrogen-bond donors (Lipinski definition) is 3. The maximum absolute atomic E-state index is 14.4. The molecule has 3 atom stereocenters. The summed E-state index contributed by atoms with van der Waals surface area (Å²) in [6.45, 7) is 5.98. The molecular formula is C54H61BrN6O10. The molecule has 16 nitrogen and oxygen atoms in total. The molecule has 0 bridgehead atoms. The van der Waals surface area contributed by atoms with E-state index in [9.17, 15) is 38.4 Å². The molecule has 71 heavy (non-hydrogen) atoms. The minimum atomic E-state index is -1.89. The van der Waals surface area contributed by atoms with Crippen molar-refractivity contribution in [2.45, 2.75) is 135 Å². The quantitative estimate of drug-likeness (QED) is 0.0430. The fraction of sp³-hybridized carbons (Fsp3) is 0.463. The van der Waals surface area contributed by atoms with Crippen LogP contribution in [0.15, 0.2) is 82.1 Å².